The first-order valence-electron chi connectivity index (χ1n) is 6.56. The fraction of sp³-hybridized carbons (Fsp3) is 0.615. The largest absolute Gasteiger partial charge is 0.349 e. The number of carbonyl (C=O) groups excluding carboxylic acids is 2. The summed E-state index contributed by atoms with van der Waals surface area (Å²) in [6.07, 6.45) is 2.53. The standard InChI is InChI=1S/C13H20N4O2/c1-4-17-8-6-11(14-17)13(19)16-7-5-10(9-16)12(18)15(2)3/h6,8,10H,4-5,7,9H2,1-3H3/t10-/m1/s1. The van der Waals surface area contributed by atoms with Gasteiger partial charge < -0.3 is 9.80 Å². The third kappa shape index (κ3) is 2.77. The second-order valence-electron chi connectivity index (χ2n) is 5.03. The van der Waals surface area contributed by atoms with E-state index in [0.717, 1.165) is 13.0 Å². The van der Waals surface area contributed by atoms with Crippen molar-refractivity contribution in [2.45, 2.75) is 19.9 Å². The molecule has 2 rings (SSSR count). The van der Waals surface area contributed by atoms with Crippen LogP contribution >= 0.6 is 0 Å². The quantitative estimate of drug-likeness (QED) is 0.796. The zero-order valence-electron chi connectivity index (χ0n) is 11.7. The van der Waals surface area contributed by atoms with Crippen molar-refractivity contribution in [3.05, 3.63) is 18.0 Å². The number of aryl methyl sites for hydroxylation is 1. The van der Waals surface area contributed by atoms with Gasteiger partial charge in [0.2, 0.25) is 5.91 Å². The highest BCUT2D eigenvalue weighted by atomic mass is 16.2. The highest BCUT2D eigenvalue weighted by Crippen LogP contribution is 2.19. The van der Waals surface area contributed by atoms with Crippen LogP contribution < -0.4 is 0 Å². The molecule has 1 saturated heterocycles. The Bertz CT molecular complexity index is 481. The maximum atomic E-state index is 12.2. The molecular formula is C13H20N4O2. The van der Waals surface area contributed by atoms with Gasteiger partial charge >= 0.3 is 0 Å². The lowest BCUT2D eigenvalue weighted by molar-refractivity contribution is -0.132. The lowest BCUT2D eigenvalue weighted by Gasteiger charge is -2.17. The summed E-state index contributed by atoms with van der Waals surface area (Å²) >= 11 is 0. The first-order chi connectivity index (χ1) is 9.02. The van der Waals surface area contributed by atoms with Crippen molar-refractivity contribution in [2.75, 3.05) is 27.2 Å². The number of carbonyl (C=O) groups is 2. The molecule has 0 aliphatic carbocycles. The van der Waals surface area contributed by atoms with Gasteiger partial charge in [-0.3, -0.25) is 14.3 Å². The molecule has 1 atom stereocenters. The molecule has 0 bridgehead atoms. The second-order valence-corrected chi connectivity index (χ2v) is 5.03. The van der Waals surface area contributed by atoms with Crippen LogP contribution in [0.5, 0.6) is 0 Å². The fourth-order valence-corrected chi connectivity index (χ4v) is 2.33. The van der Waals surface area contributed by atoms with Crippen LogP contribution in [0.4, 0.5) is 0 Å². The van der Waals surface area contributed by atoms with Crippen LogP contribution in [-0.4, -0.2) is 58.6 Å². The van der Waals surface area contributed by atoms with Gasteiger partial charge in [0.15, 0.2) is 0 Å². The molecule has 0 spiro atoms. The van der Waals surface area contributed by atoms with Gasteiger partial charge in [-0.2, -0.15) is 5.10 Å². The van der Waals surface area contributed by atoms with Crippen LogP contribution in [0.15, 0.2) is 12.3 Å². The molecule has 1 aromatic heterocycles. The molecule has 2 amide bonds. The van der Waals surface area contributed by atoms with E-state index in [-0.39, 0.29) is 17.7 Å². The average Bonchev–Trinajstić information content (AvgIpc) is 3.05. The Balaban J connectivity index is 2.00. The smallest absolute Gasteiger partial charge is 0.274 e. The van der Waals surface area contributed by atoms with Crippen molar-refractivity contribution in [1.29, 1.82) is 0 Å². The zero-order valence-corrected chi connectivity index (χ0v) is 11.7. The Labute approximate surface area is 113 Å². The van der Waals surface area contributed by atoms with E-state index in [1.165, 1.54) is 0 Å². The first kappa shape index (κ1) is 13.6. The van der Waals surface area contributed by atoms with Crippen LogP contribution in [-0.2, 0) is 11.3 Å². The third-order valence-corrected chi connectivity index (χ3v) is 3.45. The van der Waals surface area contributed by atoms with E-state index in [1.807, 2.05) is 6.92 Å². The van der Waals surface area contributed by atoms with Gasteiger partial charge in [0, 0.05) is 39.9 Å². The molecule has 19 heavy (non-hydrogen) atoms. The van der Waals surface area contributed by atoms with Crippen LogP contribution in [0, 0.1) is 5.92 Å². The summed E-state index contributed by atoms with van der Waals surface area (Å²) in [5.41, 5.74) is 0.458. The minimum atomic E-state index is -0.0822. The molecule has 1 fully saturated rings. The minimum absolute atomic E-state index is 0.0767. The van der Waals surface area contributed by atoms with Crippen molar-refractivity contribution in [3.8, 4) is 0 Å². The first-order valence-corrected chi connectivity index (χ1v) is 6.56. The van der Waals surface area contributed by atoms with E-state index in [9.17, 15) is 9.59 Å². The van der Waals surface area contributed by atoms with Gasteiger partial charge in [-0.05, 0) is 19.4 Å². The van der Waals surface area contributed by atoms with Crippen LogP contribution in [0.1, 0.15) is 23.8 Å². The molecule has 6 heteroatoms. The Morgan fingerprint density at radius 3 is 2.79 bits per heavy atom. The topological polar surface area (TPSA) is 58.4 Å². The Hall–Kier alpha value is -1.85. The lowest BCUT2D eigenvalue weighted by atomic mass is 10.1. The highest BCUT2D eigenvalue weighted by Gasteiger charge is 2.32. The summed E-state index contributed by atoms with van der Waals surface area (Å²) < 4.78 is 1.73. The molecule has 1 aliphatic heterocycles. The molecule has 2 heterocycles. The number of hydrogen-bond acceptors (Lipinski definition) is 3. The summed E-state index contributed by atoms with van der Waals surface area (Å²) in [7, 11) is 3.49. The SMILES string of the molecule is CCn1ccc(C(=O)N2CC[C@@H](C(=O)N(C)C)C2)n1. The normalized spacial score (nSPS) is 18.7. The molecule has 0 aromatic carbocycles. The van der Waals surface area contributed by atoms with Crippen LogP contribution in [0.25, 0.3) is 0 Å². The average molecular weight is 264 g/mol. The zero-order chi connectivity index (χ0) is 14.0. The van der Waals surface area contributed by atoms with E-state index in [4.69, 9.17) is 0 Å². The predicted octanol–water partition coefficient (Wildman–Crippen LogP) is 0.453. The number of hydrogen-bond donors (Lipinski definition) is 0. The Morgan fingerprint density at radius 1 is 1.47 bits per heavy atom. The third-order valence-electron chi connectivity index (χ3n) is 3.45. The molecule has 1 aliphatic rings. The van der Waals surface area contributed by atoms with Gasteiger partial charge in [0.1, 0.15) is 5.69 Å². The van der Waals surface area contributed by atoms with Crippen molar-refractivity contribution < 1.29 is 9.59 Å². The molecule has 104 valence electrons. The highest BCUT2D eigenvalue weighted by molar-refractivity contribution is 5.93. The van der Waals surface area contributed by atoms with Crippen LogP contribution in [0.2, 0.25) is 0 Å². The number of rotatable bonds is 3. The summed E-state index contributed by atoms with van der Waals surface area (Å²) in [4.78, 5) is 27.4. The summed E-state index contributed by atoms with van der Waals surface area (Å²) in [5.74, 6) is -0.0668. The molecule has 0 saturated carbocycles. The van der Waals surface area contributed by atoms with E-state index < -0.39 is 0 Å². The predicted molar refractivity (Wildman–Crippen MR) is 70.6 cm³/mol. The maximum Gasteiger partial charge on any atom is 0.274 e. The fourth-order valence-electron chi connectivity index (χ4n) is 2.33. The summed E-state index contributed by atoms with van der Waals surface area (Å²) in [6.45, 7) is 3.84. The van der Waals surface area contributed by atoms with Crippen molar-refractivity contribution in [2.24, 2.45) is 5.92 Å². The van der Waals surface area contributed by atoms with Crippen LogP contribution in [0.3, 0.4) is 0 Å². The lowest BCUT2D eigenvalue weighted by Crippen LogP contribution is -2.34. The number of nitrogens with zero attached hydrogens (tertiary/aromatic N) is 4. The van der Waals surface area contributed by atoms with Gasteiger partial charge in [-0.25, -0.2) is 0 Å². The number of aromatic nitrogens is 2. The Kier molecular flexibility index (Phi) is 3.87. The molecule has 0 N–H and O–H groups in total. The van der Waals surface area contributed by atoms with Gasteiger partial charge in [0.05, 0.1) is 5.92 Å². The van der Waals surface area contributed by atoms with Gasteiger partial charge in [-0.15, -0.1) is 0 Å². The van der Waals surface area contributed by atoms with E-state index in [0.29, 0.717) is 18.8 Å². The number of likely N-dealkylation sites (tertiary alicyclic amines) is 1. The second kappa shape index (κ2) is 5.42. The summed E-state index contributed by atoms with van der Waals surface area (Å²) in [6, 6.07) is 1.73. The minimum Gasteiger partial charge on any atom is -0.349 e. The molecule has 6 nitrogen and oxygen atoms in total. The van der Waals surface area contributed by atoms with Gasteiger partial charge in [-0.1, -0.05) is 0 Å². The monoisotopic (exact) mass is 264 g/mol. The van der Waals surface area contributed by atoms with E-state index >= 15 is 0 Å². The maximum absolute atomic E-state index is 12.2. The molecule has 1 aromatic rings. The van der Waals surface area contributed by atoms with E-state index in [2.05, 4.69) is 5.10 Å². The van der Waals surface area contributed by atoms with Gasteiger partial charge in [0.25, 0.3) is 5.91 Å². The number of amides is 2. The van der Waals surface area contributed by atoms with Crippen molar-refractivity contribution in [3.63, 3.8) is 0 Å². The molecule has 0 unspecified atom stereocenters. The summed E-state index contributed by atoms with van der Waals surface area (Å²) in [5, 5.41) is 4.21. The Morgan fingerprint density at radius 2 is 2.21 bits per heavy atom. The van der Waals surface area contributed by atoms with Crippen molar-refractivity contribution >= 4 is 11.8 Å². The molecular weight excluding hydrogens is 244 g/mol. The van der Waals surface area contributed by atoms with Crippen molar-refractivity contribution in [1.82, 2.24) is 19.6 Å². The van der Waals surface area contributed by atoms with E-state index in [1.54, 1.807) is 40.8 Å². The molecule has 0 radical (unpaired) electrons.